The van der Waals surface area contributed by atoms with Gasteiger partial charge in [-0.2, -0.15) is 0 Å². The van der Waals surface area contributed by atoms with E-state index in [9.17, 15) is 24.6 Å². The second-order valence-corrected chi connectivity index (χ2v) is 8.82. The predicted molar refractivity (Wildman–Crippen MR) is 144 cm³/mol. The molecule has 0 amide bonds. The van der Waals surface area contributed by atoms with Gasteiger partial charge in [-0.3, -0.25) is 9.59 Å². The SMILES string of the molecule is COc1ccc(C=CCCCCOc2cc3oc4ccc(C(=O)O)cc4c(=O)c3cc2CCC(=O)O)cc1. The number of carboxylic acid groups (broad SMARTS) is 2. The number of fused-ring (bicyclic) bond motifs is 2. The lowest BCUT2D eigenvalue weighted by Crippen LogP contribution is -2.07. The lowest BCUT2D eigenvalue weighted by Gasteiger charge is -2.13. The molecule has 2 N–H and O–H groups in total. The Morgan fingerprint density at radius 2 is 1.71 bits per heavy atom. The third kappa shape index (κ3) is 6.39. The summed E-state index contributed by atoms with van der Waals surface area (Å²) < 4.78 is 17.1. The van der Waals surface area contributed by atoms with Gasteiger partial charge in [-0.05, 0) is 73.2 Å². The van der Waals surface area contributed by atoms with Crippen molar-refractivity contribution >= 4 is 40.0 Å². The molecule has 0 fully saturated rings. The van der Waals surface area contributed by atoms with E-state index in [0.717, 1.165) is 30.6 Å². The molecule has 1 heterocycles. The summed E-state index contributed by atoms with van der Waals surface area (Å²) in [5.41, 5.74) is 1.84. The Bertz CT molecular complexity index is 1550. The van der Waals surface area contributed by atoms with Crippen LogP contribution in [0.15, 0.2) is 69.9 Å². The summed E-state index contributed by atoms with van der Waals surface area (Å²) in [5.74, 6) is -0.822. The Hall–Kier alpha value is -4.59. The van der Waals surface area contributed by atoms with Crippen molar-refractivity contribution in [2.24, 2.45) is 0 Å². The number of aliphatic carboxylic acids is 1. The molecule has 8 heteroatoms. The molecule has 1 aromatic heterocycles. The second-order valence-electron chi connectivity index (χ2n) is 8.82. The molecule has 0 saturated heterocycles. The van der Waals surface area contributed by atoms with Crippen LogP contribution in [-0.4, -0.2) is 35.9 Å². The monoisotopic (exact) mass is 516 g/mol. The highest BCUT2D eigenvalue weighted by Gasteiger charge is 2.15. The molecule has 0 unspecified atom stereocenters. The molecule has 8 nitrogen and oxygen atoms in total. The zero-order valence-corrected chi connectivity index (χ0v) is 20.9. The highest BCUT2D eigenvalue weighted by Crippen LogP contribution is 2.29. The molecule has 38 heavy (non-hydrogen) atoms. The second kappa shape index (κ2) is 12.1. The largest absolute Gasteiger partial charge is 0.497 e. The van der Waals surface area contributed by atoms with Crippen molar-refractivity contribution < 1.29 is 33.7 Å². The number of allylic oxidation sites excluding steroid dienone is 1. The number of benzene rings is 3. The van der Waals surface area contributed by atoms with Crippen LogP contribution in [0.2, 0.25) is 0 Å². The van der Waals surface area contributed by atoms with Gasteiger partial charge < -0.3 is 24.1 Å². The lowest BCUT2D eigenvalue weighted by molar-refractivity contribution is -0.136. The van der Waals surface area contributed by atoms with E-state index in [1.54, 1.807) is 19.2 Å². The van der Waals surface area contributed by atoms with Gasteiger partial charge in [0, 0.05) is 12.5 Å². The fourth-order valence-electron chi connectivity index (χ4n) is 4.11. The van der Waals surface area contributed by atoms with E-state index in [2.05, 4.69) is 12.2 Å². The Labute approximate surface area is 218 Å². The van der Waals surface area contributed by atoms with E-state index < -0.39 is 11.9 Å². The smallest absolute Gasteiger partial charge is 0.335 e. The molecule has 0 atom stereocenters. The highest BCUT2D eigenvalue weighted by atomic mass is 16.5. The number of ether oxygens (including phenoxy) is 2. The molecule has 4 rings (SSSR count). The van der Waals surface area contributed by atoms with Gasteiger partial charge in [0.15, 0.2) is 0 Å². The van der Waals surface area contributed by atoms with Gasteiger partial charge in [-0.1, -0.05) is 24.3 Å². The molecular formula is C30H28O8. The van der Waals surface area contributed by atoms with Gasteiger partial charge in [0.2, 0.25) is 5.43 Å². The van der Waals surface area contributed by atoms with E-state index in [-0.39, 0.29) is 40.2 Å². The standard InChI is InChI=1S/C30H28O8/c1-36-22-11-7-19(8-12-22)6-4-2-3-5-15-37-26-18-27-24(16-20(26)10-14-28(31)32)29(33)23-17-21(30(34)35)9-13-25(23)38-27/h4,6-9,11-13,16-18H,2-3,5,10,14-15H2,1H3,(H,31,32)(H,34,35). The molecule has 0 saturated carbocycles. The van der Waals surface area contributed by atoms with Crippen LogP contribution in [0.4, 0.5) is 0 Å². The Balaban J connectivity index is 1.47. The van der Waals surface area contributed by atoms with Gasteiger partial charge >= 0.3 is 11.9 Å². The van der Waals surface area contributed by atoms with Gasteiger partial charge in [0.1, 0.15) is 22.7 Å². The van der Waals surface area contributed by atoms with Crippen LogP contribution in [-0.2, 0) is 11.2 Å². The number of hydrogen-bond donors (Lipinski definition) is 2. The maximum atomic E-state index is 13.1. The summed E-state index contributed by atoms with van der Waals surface area (Å²) in [6.45, 7) is 0.418. The van der Waals surface area contributed by atoms with Crippen molar-refractivity contribution in [1.82, 2.24) is 0 Å². The fraction of sp³-hybridized carbons (Fsp3) is 0.233. The number of unbranched alkanes of at least 4 members (excludes halogenated alkanes) is 2. The van der Waals surface area contributed by atoms with Gasteiger partial charge in [-0.25, -0.2) is 4.79 Å². The molecule has 3 aromatic carbocycles. The van der Waals surface area contributed by atoms with Crippen molar-refractivity contribution in [3.8, 4) is 11.5 Å². The number of aromatic carboxylic acids is 1. The van der Waals surface area contributed by atoms with E-state index >= 15 is 0 Å². The zero-order chi connectivity index (χ0) is 27.1. The average Bonchev–Trinajstić information content (AvgIpc) is 2.91. The number of carboxylic acids is 2. The minimum Gasteiger partial charge on any atom is -0.497 e. The molecule has 4 aromatic rings. The highest BCUT2D eigenvalue weighted by molar-refractivity contribution is 5.96. The van der Waals surface area contributed by atoms with E-state index in [4.69, 9.17) is 13.9 Å². The topological polar surface area (TPSA) is 123 Å². The quantitative estimate of drug-likeness (QED) is 0.175. The number of rotatable bonds is 12. The predicted octanol–water partition coefficient (Wildman–Crippen LogP) is 5.93. The van der Waals surface area contributed by atoms with Crippen LogP contribution in [0.25, 0.3) is 28.0 Å². The van der Waals surface area contributed by atoms with Gasteiger partial charge in [0.05, 0.1) is 30.1 Å². The number of carbonyl (C=O) groups is 2. The van der Waals surface area contributed by atoms with Crippen LogP contribution >= 0.6 is 0 Å². The fourth-order valence-corrected chi connectivity index (χ4v) is 4.11. The van der Waals surface area contributed by atoms with E-state index in [0.29, 0.717) is 23.5 Å². The van der Waals surface area contributed by atoms with Gasteiger partial charge in [0.25, 0.3) is 0 Å². The molecule has 0 radical (unpaired) electrons. The zero-order valence-electron chi connectivity index (χ0n) is 20.9. The minimum absolute atomic E-state index is 0.0194. The Morgan fingerprint density at radius 3 is 2.42 bits per heavy atom. The lowest BCUT2D eigenvalue weighted by atomic mass is 10.0. The molecule has 0 spiro atoms. The van der Waals surface area contributed by atoms with Crippen molar-refractivity contribution in [3.05, 3.63) is 87.6 Å². The van der Waals surface area contributed by atoms with Crippen molar-refractivity contribution in [2.75, 3.05) is 13.7 Å². The summed E-state index contributed by atoms with van der Waals surface area (Å²) in [7, 11) is 1.63. The number of hydrogen-bond acceptors (Lipinski definition) is 6. The first kappa shape index (κ1) is 26.5. The van der Waals surface area contributed by atoms with Crippen molar-refractivity contribution in [3.63, 3.8) is 0 Å². The third-order valence-corrected chi connectivity index (χ3v) is 6.16. The van der Waals surface area contributed by atoms with Crippen molar-refractivity contribution in [2.45, 2.75) is 32.1 Å². The Kier molecular flexibility index (Phi) is 8.43. The molecular weight excluding hydrogens is 488 g/mol. The van der Waals surface area contributed by atoms with Crippen LogP contribution in [0.3, 0.4) is 0 Å². The van der Waals surface area contributed by atoms with Crippen LogP contribution in [0.5, 0.6) is 11.5 Å². The summed E-state index contributed by atoms with van der Waals surface area (Å²) >= 11 is 0. The first-order valence-corrected chi connectivity index (χ1v) is 12.3. The number of aryl methyl sites for hydroxylation is 1. The maximum absolute atomic E-state index is 13.1. The summed E-state index contributed by atoms with van der Waals surface area (Å²) in [5, 5.41) is 18.8. The van der Waals surface area contributed by atoms with Crippen LogP contribution < -0.4 is 14.9 Å². The van der Waals surface area contributed by atoms with E-state index in [1.165, 1.54) is 18.2 Å². The molecule has 0 aliphatic carbocycles. The first-order valence-electron chi connectivity index (χ1n) is 12.3. The van der Waals surface area contributed by atoms with Gasteiger partial charge in [-0.15, -0.1) is 0 Å². The molecule has 0 bridgehead atoms. The summed E-state index contributed by atoms with van der Waals surface area (Å²) in [6.07, 6.45) is 6.76. The Morgan fingerprint density at radius 1 is 0.947 bits per heavy atom. The van der Waals surface area contributed by atoms with Crippen LogP contribution in [0.1, 0.15) is 47.2 Å². The summed E-state index contributed by atoms with van der Waals surface area (Å²) in [4.78, 5) is 35.7. The van der Waals surface area contributed by atoms with Crippen LogP contribution in [0, 0.1) is 0 Å². The molecule has 196 valence electrons. The third-order valence-electron chi connectivity index (χ3n) is 6.16. The molecule has 0 aliphatic rings. The number of methoxy groups -OCH3 is 1. The maximum Gasteiger partial charge on any atom is 0.335 e. The van der Waals surface area contributed by atoms with Crippen molar-refractivity contribution in [1.29, 1.82) is 0 Å². The van der Waals surface area contributed by atoms with E-state index in [1.807, 2.05) is 24.3 Å². The first-order chi connectivity index (χ1) is 18.4. The summed E-state index contributed by atoms with van der Waals surface area (Å²) in [6, 6.07) is 15.1. The average molecular weight is 517 g/mol. The molecule has 0 aliphatic heterocycles. The normalized spacial score (nSPS) is 11.3. The minimum atomic E-state index is -1.14.